The summed E-state index contributed by atoms with van der Waals surface area (Å²) in [6.45, 7) is 2.93. The number of carbonyl (C=O) groups excluding carboxylic acids is 1. The van der Waals surface area contributed by atoms with Crippen LogP contribution < -0.4 is 20.5 Å². The maximum absolute atomic E-state index is 12.5. The molecule has 1 atom stereocenters. The largest absolute Gasteiger partial charge is 0.497 e. The number of nitrogens with one attached hydrogen (secondary N) is 1. The molecule has 0 aliphatic carbocycles. The second-order valence-corrected chi connectivity index (χ2v) is 5.57. The predicted molar refractivity (Wildman–Crippen MR) is 83.1 cm³/mol. The van der Waals surface area contributed by atoms with Crippen LogP contribution in [0.25, 0.3) is 0 Å². The van der Waals surface area contributed by atoms with Crippen LogP contribution in [-0.4, -0.2) is 38.9 Å². The summed E-state index contributed by atoms with van der Waals surface area (Å²) in [7, 11) is 3.20. The Hall–Kier alpha value is -1.79. The number of rotatable bonds is 5. The Morgan fingerprint density at radius 2 is 2.00 bits per heavy atom. The van der Waals surface area contributed by atoms with Gasteiger partial charge in [0.2, 0.25) is 5.91 Å². The average Bonchev–Trinajstić information content (AvgIpc) is 2.54. The number of hydrogen-bond acceptors (Lipinski definition) is 5. The summed E-state index contributed by atoms with van der Waals surface area (Å²) in [5.74, 6) is 1.25. The van der Waals surface area contributed by atoms with Crippen LogP contribution >= 0.6 is 0 Å². The highest BCUT2D eigenvalue weighted by Gasteiger charge is 2.36. The van der Waals surface area contributed by atoms with Gasteiger partial charge in [-0.25, -0.2) is 0 Å². The van der Waals surface area contributed by atoms with E-state index in [4.69, 9.17) is 19.9 Å². The van der Waals surface area contributed by atoms with Gasteiger partial charge in [0, 0.05) is 18.8 Å². The number of ether oxygens (including phenoxy) is 3. The lowest BCUT2D eigenvalue weighted by Crippen LogP contribution is -2.57. The van der Waals surface area contributed by atoms with Crippen LogP contribution in [0.2, 0.25) is 0 Å². The molecule has 1 saturated heterocycles. The van der Waals surface area contributed by atoms with E-state index < -0.39 is 5.54 Å². The van der Waals surface area contributed by atoms with E-state index in [1.807, 2.05) is 25.1 Å². The second kappa shape index (κ2) is 6.98. The van der Waals surface area contributed by atoms with Crippen molar-refractivity contribution in [2.45, 2.75) is 31.3 Å². The normalized spacial score (nSPS) is 18.4. The molecule has 1 aromatic rings. The van der Waals surface area contributed by atoms with E-state index in [0.717, 1.165) is 5.56 Å². The van der Waals surface area contributed by atoms with Crippen LogP contribution in [0.4, 0.5) is 0 Å². The first-order valence-electron chi connectivity index (χ1n) is 7.39. The Morgan fingerprint density at radius 3 is 2.59 bits per heavy atom. The van der Waals surface area contributed by atoms with Gasteiger partial charge in [0.05, 0.1) is 25.8 Å². The fraction of sp³-hybridized carbons (Fsp3) is 0.562. The van der Waals surface area contributed by atoms with Gasteiger partial charge in [0.25, 0.3) is 0 Å². The summed E-state index contributed by atoms with van der Waals surface area (Å²) in [4.78, 5) is 12.5. The summed E-state index contributed by atoms with van der Waals surface area (Å²) in [6, 6.07) is 5.26. The van der Waals surface area contributed by atoms with Gasteiger partial charge in [0.15, 0.2) is 0 Å². The van der Waals surface area contributed by atoms with Gasteiger partial charge in [-0.15, -0.1) is 0 Å². The molecule has 122 valence electrons. The Labute approximate surface area is 130 Å². The third kappa shape index (κ3) is 3.51. The number of methoxy groups -OCH3 is 2. The molecule has 0 bridgehead atoms. The first kappa shape index (κ1) is 16.6. The molecule has 3 N–H and O–H groups in total. The molecule has 1 unspecified atom stereocenters. The quantitative estimate of drug-likeness (QED) is 0.859. The molecule has 0 spiro atoms. The maximum atomic E-state index is 12.5. The van der Waals surface area contributed by atoms with Crippen molar-refractivity contribution in [1.82, 2.24) is 5.32 Å². The number of amides is 1. The van der Waals surface area contributed by atoms with E-state index in [-0.39, 0.29) is 11.9 Å². The lowest BCUT2D eigenvalue weighted by Gasteiger charge is -2.33. The van der Waals surface area contributed by atoms with Gasteiger partial charge in [-0.2, -0.15) is 0 Å². The molecule has 1 amide bonds. The highest BCUT2D eigenvalue weighted by Crippen LogP contribution is 2.30. The smallest absolute Gasteiger partial charge is 0.240 e. The molecule has 1 aliphatic rings. The average molecular weight is 308 g/mol. The summed E-state index contributed by atoms with van der Waals surface area (Å²) >= 11 is 0. The van der Waals surface area contributed by atoms with Crippen molar-refractivity contribution in [3.8, 4) is 11.5 Å². The van der Waals surface area contributed by atoms with Gasteiger partial charge in [0.1, 0.15) is 11.5 Å². The van der Waals surface area contributed by atoms with E-state index in [9.17, 15) is 4.79 Å². The van der Waals surface area contributed by atoms with Crippen LogP contribution in [0.15, 0.2) is 18.2 Å². The van der Waals surface area contributed by atoms with Crippen molar-refractivity contribution < 1.29 is 19.0 Å². The zero-order valence-electron chi connectivity index (χ0n) is 13.3. The van der Waals surface area contributed by atoms with Crippen LogP contribution in [0.5, 0.6) is 11.5 Å². The van der Waals surface area contributed by atoms with Crippen molar-refractivity contribution in [3.63, 3.8) is 0 Å². The molecule has 22 heavy (non-hydrogen) atoms. The molecule has 1 aliphatic heterocycles. The van der Waals surface area contributed by atoms with Gasteiger partial charge in [-0.05, 0) is 38.0 Å². The highest BCUT2D eigenvalue weighted by atomic mass is 16.5. The van der Waals surface area contributed by atoms with Gasteiger partial charge in [-0.3, -0.25) is 4.79 Å². The molecule has 1 heterocycles. The molecule has 1 fully saturated rings. The lowest BCUT2D eigenvalue weighted by molar-refractivity contribution is -0.130. The minimum Gasteiger partial charge on any atom is -0.497 e. The fourth-order valence-corrected chi connectivity index (χ4v) is 2.56. The van der Waals surface area contributed by atoms with Crippen molar-refractivity contribution in [2.24, 2.45) is 5.73 Å². The van der Waals surface area contributed by atoms with Crippen LogP contribution in [0, 0.1) is 0 Å². The van der Waals surface area contributed by atoms with Gasteiger partial charge in [-0.1, -0.05) is 0 Å². The monoisotopic (exact) mass is 308 g/mol. The molecule has 6 nitrogen and oxygen atoms in total. The van der Waals surface area contributed by atoms with E-state index in [0.29, 0.717) is 37.6 Å². The third-order valence-corrected chi connectivity index (χ3v) is 4.09. The Balaban J connectivity index is 2.14. The minimum atomic E-state index is -0.862. The fourth-order valence-electron chi connectivity index (χ4n) is 2.56. The number of nitrogens with two attached hydrogens (primary N) is 1. The molecule has 0 aromatic heterocycles. The SMILES string of the molecule is COc1ccc(OC)c(C(C)NC(=O)C2(N)CCOCC2)c1. The standard InChI is InChI=1S/C16H24N2O4/c1-11(13-10-12(20-2)4-5-14(13)21-3)18-15(19)16(17)6-8-22-9-7-16/h4-5,10-11H,6-9,17H2,1-3H3,(H,18,19). The predicted octanol–water partition coefficient (Wildman–Crippen LogP) is 1.39. The molecule has 0 radical (unpaired) electrons. The summed E-state index contributed by atoms with van der Waals surface area (Å²) in [5, 5.41) is 2.98. The van der Waals surface area contributed by atoms with Crippen LogP contribution in [0.3, 0.4) is 0 Å². The van der Waals surface area contributed by atoms with Crippen molar-refractivity contribution in [2.75, 3.05) is 27.4 Å². The molecule has 6 heteroatoms. The number of benzene rings is 1. The zero-order chi connectivity index (χ0) is 16.2. The Kier molecular flexibility index (Phi) is 5.26. The minimum absolute atomic E-state index is 0.159. The van der Waals surface area contributed by atoms with Crippen molar-refractivity contribution in [3.05, 3.63) is 23.8 Å². The Bertz CT molecular complexity index is 527. The van der Waals surface area contributed by atoms with Crippen LogP contribution in [0.1, 0.15) is 31.4 Å². The second-order valence-electron chi connectivity index (χ2n) is 5.57. The molecule has 0 saturated carbocycles. The summed E-state index contributed by atoms with van der Waals surface area (Å²) in [5.41, 5.74) is 6.20. The molecular weight excluding hydrogens is 284 g/mol. The Morgan fingerprint density at radius 1 is 1.32 bits per heavy atom. The molecular formula is C16H24N2O4. The number of hydrogen-bond donors (Lipinski definition) is 2. The van der Waals surface area contributed by atoms with Crippen LogP contribution in [-0.2, 0) is 9.53 Å². The van der Waals surface area contributed by atoms with E-state index in [1.54, 1.807) is 14.2 Å². The third-order valence-electron chi connectivity index (χ3n) is 4.09. The van der Waals surface area contributed by atoms with Gasteiger partial charge >= 0.3 is 0 Å². The van der Waals surface area contributed by atoms with E-state index in [1.165, 1.54) is 0 Å². The maximum Gasteiger partial charge on any atom is 0.240 e. The highest BCUT2D eigenvalue weighted by molar-refractivity contribution is 5.86. The first-order valence-corrected chi connectivity index (χ1v) is 7.39. The lowest BCUT2D eigenvalue weighted by atomic mass is 9.90. The number of carbonyl (C=O) groups is 1. The van der Waals surface area contributed by atoms with E-state index in [2.05, 4.69) is 5.32 Å². The summed E-state index contributed by atoms with van der Waals surface area (Å²) in [6.07, 6.45) is 1.06. The van der Waals surface area contributed by atoms with Crippen molar-refractivity contribution >= 4 is 5.91 Å². The summed E-state index contributed by atoms with van der Waals surface area (Å²) < 4.78 is 15.9. The first-order chi connectivity index (χ1) is 10.5. The molecule has 2 rings (SSSR count). The van der Waals surface area contributed by atoms with Crippen molar-refractivity contribution in [1.29, 1.82) is 0 Å². The van der Waals surface area contributed by atoms with Gasteiger partial charge < -0.3 is 25.3 Å². The van der Waals surface area contributed by atoms with E-state index >= 15 is 0 Å². The topological polar surface area (TPSA) is 82.8 Å². The zero-order valence-corrected chi connectivity index (χ0v) is 13.3. The molecule has 1 aromatic carbocycles.